The van der Waals surface area contributed by atoms with Gasteiger partial charge in [-0.2, -0.15) is 4.99 Å². The molecule has 0 spiro atoms. The first-order chi connectivity index (χ1) is 7.72. The van der Waals surface area contributed by atoms with E-state index in [1.807, 2.05) is 42.0 Å². The SMILES string of the molecule is C=C(C)Cn1cc(N=C=O)c2ccccc21. The van der Waals surface area contributed by atoms with Crippen molar-refractivity contribution in [2.75, 3.05) is 0 Å². The molecule has 1 aromatic carbocycles. The van der Waals surface area contributed by atoms with Crippen molar-refractivity contribution in [3.05, 3.63) is 42.6 Å². The number of rotatable bonds is 3. The number of para-hydroxylation sites is 1. The van der Waals surface area contributed by atoms with E-state index in [0.717, 1.165) is 23.0 Å². The Bertz CT molecular complexity index is 589. The maximum Gasteiger partial charge on any atom is 0.240 e. The Balaban J connectivity index is 2.66. The fourth-order valence-corrected chi connectivity index (χ4v) is 1.79. The smallest absolute Gasteiger partial charge is 0.240 e. The largest absolute Gasteiger partial charge is 0.341 e. The lowest BCUT2D eigenvalue weighted by Crippen LogP contribution is -1.95. The highest BCUT2D eigenvalue weighted by molar-refractivity contribution is 5.92. The third-order valence-electron chi connectivity index (χ3n) is 2.37. The second kappa shape index (κ2) is 4.17. The first-order valence-corrected chi connectivity index (χ1v) is 5.02. The maximum absolute atomic E-state index is 10.3. The van der Waals surface area contributed by atoms with E-state index in [0.29, 0.717) is 5.69 Å². The lowest BCUT2D eigenvalue weighted by Gasteiger charge is -2.03. The molecular formula is C13H12N2O. The molecule has 3 nitrogen and oxygen atoms in total. The van der Waals surface area contributed by atoms with Crippen LogP contribution in [0.4, 0.5) is 5.69 Å². The van der Waals surface area contributed by atoms with Crippen LogP contribution in [-0.4, -0.2) is 10.6 Å². The minimum Gasteiger partial charge on any atom is -0.341 e. The van der Waals surface area contributed by atoms with Crippen molar-refractivity contribution >= 4 is 22.7 Å². The second-order valence-electron chi connectivity index (χ2n) is 3.82. The lowest BCUT2D eigenvalue weighted by molar-refractivity contribution is 0.565. The molecule has 0 bridgehead atoms. The van der Waals surface area contributed by atoms with Gasteiger partial charge in [0, 0.05) is 18.1 Å². The zero-order valence-electron chi connectivity index (χ0n) is 9.10. The summed E-state index contributed by atoms with van der Waals surface area (Å²) in [6.45, 7) is 6.58. The second-order valence-corrected chi connectivity index (χ2v) is 3.82. The normalized spacial score (nSPS) is 10.1. The van der Waals surface area contributed by atoms with Crippen LogP contribution in [0, 0.1) is 0 Å². The fraction of sp³-hybridized carbons (Fsp3) is 0.154. The van der Waals surface area contributed by atoms with Crippen LogP contribution in [0.25, 0.3) is 10.9 Å². The van der Waals surface area contributed by atoms with Gasteiger partial charge in [-0.15, -0.1) is 0 Å². The average molecular weight is 212 g/mol. The summed E-state index contributed by atoms with van der Waals surface area (Å²) in [5.74, 6) is 0. The first-order valence-electron chi connectivity index (χ1n) is 5.02. The van der Waals surface area contributed by atoms with Gasteiger partial charge < -0.3 is 4.57 Å². The average Bonchev–Trinajstić information content (AvgIpc) is 2.58. The molecule has 0 atom stereocenters. The molecule has 0 saturated heterocycles. The summed E-state index contributed by atoms with van der Waals surface area (Å²) in [5.41, 5.74) is 2.77. The molecule has 0 radical (unpaired) electrons. The minimum absolute atomic E-state index is 0.659. The third-order valence-corrected chi connectivity index (χ3v) is 2.37. The maximum atomic E-state index is 10.3. The molecule has 0 amide bonds. The Morgan fingerprint density at radius 1 is 1.50 bits per heavy atom. The van der Waals surface area contributed by atoms with Gasteiger partial charge in [-0.3, -0.25) is 0 Å². The van der Waals surface area contributed by atoms with Gasteiger partial charge in [0.1, 0.15) is 5.69 Å². The highest BCUT2D eigenvalue weighted by atomic mass is 16.1. The van der Waals surface area contributed by atoms with Crippen molar-refractivity contribution in [1.82, 2.24) is 4.57 Å². The van der Waals surface area contributed by atoms with Crippen LogP contribution in [0.1, 0.15) is 6.92 Å². The standard InChI is InChI=1S/C13H12N2O/c1-10(2)7-15-8-12(14-9-16)11-5-3-4-6-13(11)15/h3-6,8H,1,7H2,2H3. The van der Waals surface area contributed by atoms with Crippen LogP contribution >= 0.6 is 0 Å². The molecule has 0 aliphatic rings. The molecular weight excluding hydrogens is 200 g/mol. The number of aliphatic imine (C=N–C) groups is 1. The summed E-state index contributed by atoms with van der Waals surface area (Å²) in [7, 11) is 0. The van der Waals surface area contributed by atoms with E-state index in [2.05, 4.69) is 11.6 Å². The number of hydrogen-bond donors (Lipinski definition) is 0. The molecule has 2 aromatic rings. The van der Waals surface area contributed by atoms with E-state index >= 15 is 0 Å². The molecule has 0 N–H and O–H groups in total. The summed E-state index contributed by atoms with van der Waals surface area (Å²) < 4.78 is 2.04. The van der Waals surface area contributed by atoms with Crippen LogP contribution in [0.3, 0.4) is 0 Å². The predicted molar refractivity (Wildman–Crippen MR) is 64.5 cm³/mol. The molecule has 16 heavy (non-hydrogen) atoms. The monoisotopic (exact) mass is 212 g/mol. The zero-order chi connectivity index (χ0) is 11.5. The molecule has 2 rings (SSSR count). The van der Waals surface area contributed by atoms with Crippen molar-refractivity contribution in [3.63, 3.8) is 0 Å². The number of nitrogens with zero attached hydrogens (tertiary/aromatic N) is 2. The highest BCUT2D eigenvalue weighted by Gasteiger charge is 2.06. The summed E-state index contributed by atoms with van der Waals surface area (Å²) in [6.07, 6.45) is 3.43. The quantitative estimate of drug-likeness (QED) is 0.437. The molecule has 0 aliphatic heterocycles. The van der Waals surface area contributed by atoms with E-state index in [-0.39, 0.29) is 0 Å². The van der Waals surface area contributed by atoms with Crippen molar-refractivity contribution in [3.8, 4) is 0 Å². The number of benzene rings is 1. The van der Waals surface area contributed by atoms with E-state index in [1.165, 1.54) is 0 Å². The summed E-state index contributed by atoms with van der Waals surface area (Å²) in [6, 6.07) is 7.84. The topological polar surface area (TPSA) is 34.4 Å². The van der Waals surface area contributed by atoms with Crippen LogP contribution in [0.15, 0.2) is 47.6 Å². The van der Waals surface area contributed by atoms with Crippen molar-refractivity contribution in [1.29, 1.82) is 0 Å². The van der Waals surface area contributed by atoms with E-state index < -0.39 is 0 Å². The van der Waals surface area contributed by atoms with E-state index in [4.69, 9.17) is 0 Å². The number of hydrogen-bond acceptors (Lipinski definition) is 2. The van der Waals surface area contributed by atoms with Gasteiger partial charge in [0.05, 0.1) is 5.52 Å². The Labute approximate surface area is 93.7 Å². The molecule has 0 aliphatic carbocycles. The molecule has 3 heteroatoms. The molecule has 0 fully saturated rings. The van der Waals surface area contributed by atoms with Crippen molar-refractivity contribution in [2.24, 2.45) is 4.99 Å². The van der Waals surface area contributed by atoms with Gasteiger partial charge in [-0.1, -0.05) is 30.4 Å². The van der Waals surface area contributed by atoms with Crippen LogP contribution < -0.4 is 0 Å². The Hall–Kier alpha value is -2.12. The molecule has 0 unspecified atom stereocenters. The van der Waals surface area contributed by atoms with Gasteiger partial charge in [0.25, 0.3) is 0 Å². The predicted octanol–water partition coefficient (Wildman–Crippen LogP) is 3.18. The molecule has 1 heterocycles. The van der Waals surface area contributed by atoms with Gasteiger partial charge in [-0.05, 0) is 13.0 Å². The highest BCUT2D eigenvalue weighted by Crippen LogP contribution is 2.28. The molecule has 1 aromatic heterocycles. The number of aromatic nitrogens is 1. The Morgan fingerprint density at radius 3 is 2.94 bits per heavy atom. The summed E-state index contributed by atoms with van der Waals surface area (Å²) >= 11 is 0. The van der Waals surface area contributed by atoms with E-state index in [1.54, 1.807) is 6.08 Å². The van der Waals surface area contributed by atoms with Gasteiger partial charge in [0.2, 0.25) is 6.08 Å². The van der Waals surface area contributed by atoms with Crippen molar-refractivity contribution in [2.45, 2.75) is 13.5 Å². The van der Waals surface area contributed by atoms with Crippen molar-refractivity contribution < 1.29 is 4.79 Å². The van der Waals surface area contributed by atoms with Gasteiger partial charge in [-0.25, -0.2) is 4.79 Å². The number of fused-ring (bicyclic) bond motifs is 1. The van der Waals surface area contributed by atoms with Gasteiger partial charge in [0.15, 0.2) is 0 Å². The summed E-state index contributed by atoms with van der Waals surface area (Å²) in [4.78, 5) is 14.0. The van der Waals surface area contributed by atoms with E-state index in [9.17, 15) is 4.79 Å². The lowest BCUT2D eigenvalue weighted by atomic mass is 10.2. The first kappa shape index (κ1) is 10.4. The van der Waals surface area contributed by atoms with Crippen LogP contribution in [-0.2, 0) is 11.3 Å². The Morgan fingerprint density at radius 2 is 2.25 bits per heavy atom. The third kappa shape index (κ3) is 1.81. The number of allylic oxidation sites excluding steroid dienone is 1. The van der Waals surface area contributed by atoms with Crippen LogP contribution in [0.5, 0.6) is 0 Å². The minimum atomic E-state index is 0.659. The number of isocyanates is 1. The molecule has 0 saturated carbocycles. The Kier molecular flexibility index (Phi) is 2.71. The molecule has 80 valence electrons. The van der Waals surface area contributed by atoms with Gasteiger partial charge >= 0.3 is 0 Å². The zero-order valence-corrected chi connectivity index (χ0v) is 9.10. The summed E-state index contributed by atoms with van der Waals surface area (Å²) in [5, 5.41) is 0.965. The fourth-order valence-electron chi connectivity index (χ4n) is 1.79. The number of carbonyl (C=O) groups excluding carboxylic acids is 1. The van der Waals surface area contributed by atoms with Crippen LogP contribution in [0.2, 0.25) is 0 Å².